The van der Waals surface area contributed by atoms with Crippen LogP contribution in [-0.2, 0) is 11.3 Å². The van der Waals surface area contributed by atoms with E-state index in [1.165, 1.54) is 0 Å². The van der Waals surface area contributed by atoms with Gasteiger partial charge in [0.2, 0.25) is 0 Å². The number of carbonyl (C=O) groups is 2. The molecular formula is C25H31N3O5S. The third-order valence-corrected chi connectivity index (χ3v) is 6.67. The standard InChI is InChI=1S/C25H31N3O5S/c1-15-21(34-14-26-15)13-31-18-6-7-20-19(12-18)22(16(2)32-20)23(29)27-17-8-10-28(11-9-17)24(30)33-25(3,4)5/h6-7,12,14,17H,8-11,13H2,1-5H3,(H,27,29). The number of aryl methyl sites for hydroxylation is 2. The number of nitrogens with one attached hydrogen (secondary N) is 1. The molecule has 1 saturated heterocycles. The Kier molecular flexibility index (Phi) is 6.84. The van der Waals surface area contributed by atoms with Crippen molar-refractivity contribution in [3.63, 3.8) is 0 Å². The average molecular weight is 486 g/mol. The number of hydrogen-bond acceptors (Lipinski definition) is 7. The zero-order valence-electron chi connectivity index (χ0n) is 20.3. The summed E-state index contributed by atoms with van der Waals surface area (Å²) < 4.78 is 17.2. The Hall–Kier alpha value is -3.07. The van der Waals surface area contributed by atoms with Gasteiger partial charge in [0.25, 0.3) is 5.91 Å². The van der Waals surface area contributed by atoms with Gasteiger partial charge in [0.15, 0.2) is 0 Å². The van der Waals surface area contributed by atoms with E-state index in [9.17, 15) is 9.59 Å². The van der Waals surface area contributed by atoms with E-state index in [-0.39, 0.29) is 18.0 Å². The number of rotatable bonds is 5. The summed E-state index contributed by atoms with van der Waals surface area (Å²) >= 11 is 1.56. The predicted molar refractivity (Wildman–Crippen MR) is 130 cm³/mol. The Morgan fingerprint density at radius 1 is 1.24 bits per heavy atom. The lowest BCUT2D eigenvalue weighted by Crippen LogP contribution is -2.47. The molecular weight excluding hydrogens is 454 g/mol. The molecule has 0 unspecified atom stereocenters. The van der Waals surface area contributed by atoms with E-state index in [4.69, 9.17) is 13.9 Å². The molecule has 1 aromatic carbocycles. The molecule has 4 rings (SSSR count). The first kappa shape index (κ1) is 24.1. The molecule has 0 radical (unpaired) electrons. The van der Waals surface area contributed by atoms with Crippen molar-refractivity contribution in [1.29, 1.82) is 0 Å². The molecule has 0 spiro atoms. The minimum Gasteiger partial charge on any atom is -0.488 e. The maximum atomic E-state index is 13.2. The molecule has 3 heterocycles. The van der Waals surface area contributed by atoms with Crippen molar-refractivity contribution in [3.8, 4) is 5.75 Å². The van der Waals surface area contributed by atoms with E-state index in [1.807, 2.05) is 45.9 Å². The number of amides is 2. The minimum atomic E-state index is -0.524. The van der Waals surface area contributed by atoms with Gasteiger partial charge in [0.1, 0.15) is 29.3 Å². The summed E-state index contributed by atoms with van der Waals surface area (Å²) in [4.78, 5) is 32.5. The molecule has 1 aliphatic heterocycles. The molecule has 1 fully saturated rings. The monoisotopic (exact) mass is 485 g/mol. The maximum absolute atomic E-state index is 13.2. The van der Waals surface area contributed by atoms with Crippen molar-refractivity contribution < 1.29 is 23.5 Å². The molecule has 0 bridgehead atoms. The molecule has 1 aliphatic rings. The molecule has 3 aromatic rings. The number of aromatic nitrogens is 1. The fraction of sp³-hybridized carbons (Fsp3) is 0.480. The second kappa shape index (κ2) is 9.66. The summed E-state index contributed by atoms with van der Waals surface area (Å²) in [5, 5.41) is 3.84. The Morgan fingerprint density at radius 3 is 2.62 bits per heavy atom. The summed E-state index contributed by atoms with van der Waals surface area (Å²) in [5.74, 6) is 1.05. The summed E-state index contributed by atoms with van der Waals surface area (Å²) in [7, 11) is 0. The summed E-state index contributed by atoms with van der Waals surface area (Å²) in [6.45, 7) is 10.8. The van der Waals surface area contributed by atoms with E-state index < -0.39 is 5.60 Å². The van der Waals surface area contributed by atoms with Gasteiger partial charge in [0.05, 0.1) is 21.6 Å². The number of carbonyl (C=O) groups excluding carboxylic acids is 2. The first-order chi connectivity index (χ1) is 16.1. The van der Waals surface area contributed by atoms with Gasteiger partial charge in [-0.1, -0.05) is 0 Å². The van der Waals surface area contributed by atoms with Crippen molar-refractivity contribution in [2.24, 2.45) is 0 Å². The molecule has 1 N–H and O–H groups in total. The molecule has 0 saturated carbocycles. The summed E-state index contributed by atoms with van der Waals surface area (Å²) in [5.41, 5.74) is 3.40. The van der Waals surface area contributed by atoms with E-state index in [0.29, 0.717) is 55.2 Å². The quantitative estimate of drug-likeness (QED) is 0.533. The lowest BCUT2D eigenvalue weighted by molar-refractivity contribution is 0.0199. The van der Waals surface area contributed by atoms with Gasteiger partial charge in [0, 0.05) is 24.5 Å². The van der Waals surface area contributed by atoms with Gasteiger partial charge in [-0.05, 0) is 65.7 Å². The largest absolute Gasteiger partial charge is 0.488 e. The Morgan fingerprint density at radius 2 is 1.97 bits per heavy atom. The lowest BCUT2D eigenvalue weighted by atomic mass is 10.0. The van der Waals surface area contributed by atoms with Crippen molar-refractivity contribution in [2.45, 2.75) is 65.7 Å². The molecule has 2 aromatic heterocycles. The number of benzene rings is 1. The second-order valence-electron chi connectivity index (χ2n) is 9.56. The van der Waals surface area contributed by atoms with Crippen LogP contribution >= 0.6 is 11.3 Å². The highest BCUT2D eigenvalue weighted by Gasteiger charge is 2.29. The van der Waals surface area contributed by atoms with E-state index >= 15 is 0 Å². The average Bonchev–Trinajstić information content (AvgIpc) is 3.32. The third-order valence-electron chi connectivity index (χ3n) is 5.76. The molecule has 2 amide bonds. The highest BCUT2D eigenvalue weighted by Crippen LogP contribution is 2.30. The smallest absolute Gasteiger partial charge is 0.410 e. The maximum Gasteiger partial charge on any atom is 0.410 e. The number of nitrogens with zero attached hydrogens (tertiary/aromatic N) is 2. The SMILES string of the molecule is Cc1ncsc1COc1ccc2oc(C)c(C(=O)NC3CCN(C(=O)OC(C)(C)C)CC3)c2c1. The second-order valence-corrected chi connectivity index (χ2v) is 10.5. The number of furan rings is 1. The number of fused-ring (bicyclic) bond motifs is 1. The van der Waals surface area contributed by atoms with Crippen molar-refractivity contribution in [1.82, 2.24) is 15.2 Å². The van der Waals surface area contributed by atoms with Crippen molar-refractivity contribution in [2.75, 3.05) is 13.1 Å². The van der Waals surface area contributed by atoms with Gasteiger partial charge in [-0.2, -0.15) is 0 Å². The number of ether oxygens (including phenoxy) is 2. The molecule has 0 aliphatic carbocycles. The van der Waals surface area contributed by atoms with Crippen LogP contribution < -0.4 is 10.1 Å². The van der Waals surface area contributed by atoms with Gasteiger partial charge < -0.3 is 24.1 Å². The predicted octanol–water partition coefficient (Wildman–Crippen LogP) is 5.21. The zero-order chi connectivity index (χ0) is 24.5. The zero-order valence-corrected chi connectivity index (χ0v) is 21.1. The fourth-order valence-corrected chi connectivity index (χ4v) is 4.66. The van der Waals surface area contributed by atoms with Crippen LogP contribution in [-0.4, -0.2) is 46.6 Å². The van der Waals surface area contributed by atoms with Gasteiger partial charge in [-0.15, -0.1) is 11.3 Å². The van der Waals surface area contributed by atoms with Crippen LogP contribution in [0.25, 0.3) is 11.0 Å². The van der Waals surface area contributed by atoms with Crippen LogP contribution in [0.1, 0.15) is 60.3 Å². The molecule has 9 heteroatoms. The van der Waals surface area contributed by atoms with Crippen LogP contribution in [0.15, 0.2) is 28.1 Å². The van der Waals surface area contributed by atoms with Crippen LogP contribution in [0.2, 0.25) is 0 Å². The van der Waals surface area contributed by atoms with Crippen LogP contribution in [0.4, 0.5) is 4.79 Å². The number of piperidine rings is 1. The molecule has 8 nitrogen and oxygen atoms in total. The van der Waals surface area contributed by atoms with E-state index in [2.05, 4.69) is 10.3 Å². The first-order valence-electron chi connectivity index (χ1n) is 11.4. The third kappa shape index (κ3) is 5.52. The molecule has 182 valence electrons. The Balaban J connectivity index is 1.41. The van der Waals surface area contributed by atoms with Crippen LogP contribution in [0.3, 0.4) is 0 Å². The Bertz CT molecular complexity index is 1190. The van der Waals surface area contributed by atoms with Gasteiger partial charge >= 0.3 is 6.09 Å². The number of thiazole rings is 1. The van der Waals surface area contributed by atoms with Crippen molar-refractivity contribution in [3.05, 3.63) is 45.6 Å². The van der Waals surface area contributed by atoms with E-state index in [1.54, 1.807) is 28.7 Å². The lowest BCUT2D eigenvalue weighted by Gasteiger charge is -2.33. The number of likely N-dealkylation sites (tertiary alicyclic amines) is 1. The summed E-state index contributed by atoms with van der Waals surface area (Å²) in [6, 6.07) is 5.50. The van der Waals surface area contributed by atoms with Gasteiger partial charge in [-0.25, -0.2) is 9.78 Å². The normalized spacial score (nSPS) is 14.9. The topological polar surface area (TPSA) is 93.9 Å². The highest BCUT2D eigenvalue weighted by atomic mass is 32.1. The first-order valence-corrected chi connectivity index (χ1v) is 12.3. The highest BCUT2D eigenvalue weighted by molar-refractivity contribution is 7.09. The van der Waals surface area contributed by atoms with Crippen LogP contribution in [0.5, 0.6) is 5.75 Å². The van der Waals surface area contributed by atoms with E-state index in [0.717, 1.165) is 16.0 Å². The van der Waals surface area contributed by atoms with Gasteiger partial charge in [-0.3, -0.25) is 4.79 Å². The Labute approximate surface area is 203 Å². The summed E-state index contributed by atoms with van der Waals surface area (Å²) in [6.07, 6.45) is 1.03. The van der Waals surface area contributed by atoms with Crippen LogP contribution in [0, 0.1) is 13.8 Å². The molecule has 34 heavy (non-hydrogen) atoms. The van der Waals surface area contributed by atoms with Crippen molar-refractivity contribution >= 4 is 34.3 Å². The number of hydrogen-bond donors (Lipinski definition) is 1. The fourth-order valence-electron chi connectivity index (χ4n) is 3.98. The molecule has 0 atom stereocenters. The minimum absolute atomic E-state index is 0.0238.